The van der Waals surface area contributed by atoms with Crippen LogP contribution in [0.4, 0.5) is 0 Å². The molecular weight excluding hydrogens is 380 g/mol. The van der Waals surface area contributed by atoms with E-state index in [1.54, 1.807) is 22.7 Å². The topological polar surface area (TPSA) is 60.1 Å². The van der Waals surface area contributed by atoms with Gasteiger partial charge in [0.1, 0.15) is 34.4 Å². The number of benzene rings is 2. The Bertz CT molecular complexity index is 963. The molecule has 2 aliphatic rings. The van der Waals surface area contributed by atoms with Gasteiger partial charge in [0.2, 0.25) is 0 Å². The molecule has 7 heteroatoms. The molecule has 4 heterocycles. The lowest BCUT2D eigenvalue weighted by Crippen LogP contribution is -2.18. The highest BCUT2D eigenvalue weighted by Crippen LogP contribution is 2.43. The molecule has 4 unspecified atom stereocenters. The molecule has 2 aliphatic heterocycles. The Labute approximate surface area is 163 Å². The van der Waals surface area contributed by atoms with Crippen LogP contribution in [0.1, 0.15) is 22.2 Å². The van der Waals surface area contributed by atoms with E-state index in [9.17, 15) is 0 Å². The van der Waals surface area contributed by atoms with Crippen molar-refractivity contribution in [3.63, 3.8) is 0 Å². The maximum Gasteiger partial charge on any atom is 0.138 e. The first-order valence-corrected chi connectivity index (χ1v) is 10.6. The van der Waals surface area contributed by atoms with Gasteiger partial charge >= 0.3 is 0 Å². The van der Waals surface area contributed by atoms with Crippen molar-refractivity contribution in [2.75, 3.05) is 13.2 Å². The van der Waals surface area contributed by atoms with Gasteiger partial charge in [-0.1, -0.05) is 24.3 Å². The van der Waals surface area contributed by atoms with Gasteiger partial charge in [-0.2, -0.15) is 0 Å². The van der Waals surface area contributed by atoms with Gasteiger partial charge in [0.05, 0.1) is 33.6 Å². The summed E-state index contributed by atoms with van der Waals surface area (Å²) in [5.74, 6) is 0. The minimum atomic E-state index is -0.191. The van der Waals surface area contributed by atoms with E-state index in [0.29, 0.717) is 13.2 Å². The van der Waals surface area contributed by atoms with Crippen LogP contribution in [-0.4, -0.2) is 35.4 Å². The normalized spacial score (nSPS) is 23.6. The summed E-state index contributed by atoms with van der Waals surface area (Å²) < 4.78 is 20.1. The van der Waals surface area contributed by atoms with Gasteiger partial charge in [0.25, 0.3) is 0 Å². The van der Waals surface area contributed by atoms with Gasteiger partial charge in [-0.25, -0.2) is 9.97 Å². The number of rotatable bonds is 6. The van der Waals surface area contributed by atoms with Crippen molar-refractivity contribution in [3.8, 4) is 0 Å². The van der Waals surface area contributed by atoms with E-state index in [0.717, 1.165) is 21.0 Å². The number of fused-ring (bicyclic) bond motifs is 2. The Kier molecular flexibility index (Phi) is 3.77. The lowest BCUT2D eigenvalue weighted by Gasteiger charge is -2.19. The summed E-state index contributed by atoms with van der Waals surface area (Å²) in [4.78, 5) is 9.60. The molecule has 0 saturated carbocycles. The van der Waals surface area contributed by atoms with Crippen molar-refractivity contribution < 1.29 is 14.2 Å². The first-order valence-electron chi connectivity index (χ1n) is 8.95. The number of epoxide rings is 2. The molecule has 0 amide bonds. The molecule has 0 N–H and O–H groups in total. The molecule has 2 aromatic carbocycles. The van der Waals surface area contributed by atoms with Crippen LogP contribution in [0.15, 0.2) is 48.5 Å². The van der Waals surface area contributed by atoms with Crippen LogP contribution in [0.3, 0.4) is 0 Å². The number of ether oxygens (including phenoxy) is 3. The van der Waals surface area contributed by atoms with Crippen molar-refractivity contribution in [1.82, 2.24) is 9.97 Å². The number of aromatic nitrogens is 2. The Balaban J connectivity index is 1.36. The third kappa shape index (κ3) is 3.05. The predicted octanol–water partition coefficient (Wildman–Crippen LogP) is 4.50. The van der Waals surface area contributed by atoms with E-state index in [-0.39, 0.29) is 24.4 Å². The predicted molar refractivity (Wildman–Crippen MR) is 105 cm³/mol. The number of hydrogen-bond acceptors (Lipinski definition) is 7. The summed E-state index contributed by atoms with van der Waals surface area (Å²) in [7, 11) is 0. The van der Waals surface area contributed by atoms with Crippen molar-refractivity contribution in [3.05, 3.63) is 58.5 Å². The number of thiazole rings is 2. The summed E-state index contributed by atoms with van der Waals surface area (Å²) in [5.41, 5.74) is 2.01. The summed E-state index contributed by atoms with van der Waals surface area (Å²) >= 11 is 3.35. The standard InChI is InChI=1S/C20H16N2O3S2/c1-3-7-15-11(5-1)21-19(26-15)17(13-9-23-13)25-18(14-10-24-14)20-22-12-6-2-4-8-16(12)27-20/h1-8,13-14,17-18H,9-10H2. The van der Waals surface area contributed by atoms with Gasteiger partial charge in [0.15, 0.2) is 0 Å². The SMILES string of the molecule is c1ccc2sc(C(OC(c3nc4ccccc4s3)C3CO3)C3CO3)nc2c1. The largest absolute Gasteiger partial charge is 0.370 e. The molecule has 0 radical (unpaired) electrons. The third-order valence-electron chi connectivity index (χ3n) is 4.79. The first-order chi connectivity index (χ1) is 13.3. The molecule has 0 spiro atoms. The van der Waals surface area contributed by atoms with E-state index < -0.39 is 0 Å². The van der Waals surface area contributed by atoms with Crippen LogP contribution >= 0.6 is 22.7 Å². The fraction of sp³-hybridized carbons (Fsp3) is 0.300. The van der Waals surface area contributed by atoms with Gasteiger partial charge in [0, 0.05) is 0 Å². The summed E-state index contributed by atoms with van der Waals surface area (Å²) in [5, 5.41) is 1.93. The first kappa shape index (κ1) is 16.1. The molecule has 5 nitrogen and oxygen atoms in total. The van der Waals surface area contributed by atoms with Crippen LogP contribution in [0.2, 0.25) is 0 Å². The Morgan fingerprint density at radius 2 is 1.22 bits per heavy atom. The van der Waals surface area contributed by atoms with Crippen LogP contribution in [0.25, 0.3) is 20.4 Å². The number of para-hydroxylation sites is 2. The molecule has 6 rings (SSSR count). The molecule has 2 aromatic heterocycles. The van der Waals surface area contributed by atoms with Crippen molar-refractivity contribution in [1.29, 1.82) is 0 Å². The smallest absolute Gasteiger partial charge is 0.138 e. The molecule has 27 heavy (non-hydrogen) atoms. The van der Waals surface area contributed by atoms with E-state index in [4.69, 9.17) is 24.2 Å². The van der Waals surface area contributed by atoms with Gasteiger partial charge < -0.3 is 14.2 Å². The average Bonchev–Trinajstić information content (AvgIpc) is 3.61. The minimum Gasteiger partial charge on any atom is -0.370 e. The number of nitrogens with zero attached hydrogens (tertiary/aromatic N) is 2. The average molecular weight is 396 g/mol. The van der Waals surface area contributed by atoms with E-state index in [1.807, 2.05) is 36.4 Å². The molecule has 2 saturated heterocycles. The molecular formula is C20H16N2O3S2. The molecule has 0 bridgehead atoms. The number of hydrogen-bond donors (Lipinski definition) is 0. The zero-order valence-corrected chi connectivity index (χ0v) is 15.9. The Morgan fingerprint density at radius 3 is 1.63 bits per heavy atom. The van der Waals surface area contributed by atoms with E-state index in [2.05, 4.69) is 12.1 Å². The summed E-state index contributed by atoms with van der Waals surface area (Å²) in [6.45, 7) is 1.41. The van der Waals surface area contributed by atoms with Gasteiger partial charge in [-0.15, -0.1) is 22.7 Å². The van der Waals surface area contributed by atoms with Gasteiger partial charge in [-0.05, 0) is 24.3 Å². The zero-order valence-electron chi connectivity index (χ0n) is 14.3. The van der Waals surface area contributed by atoms with Crippen LogP contribution in [-0.2, 0) is 14.2 Å². The highest BCUT2D eigenvalue weighted by atomic mass is 32.1. The molecule has 0 aliphatic carbocycles. The third-order valence-corrected chi connectivity index (χ3v) is 6.99. The minimum absolute atomic E-state index is 0.0567. The van der Waals surface area contributed by atoms with Crippen LogP contribution in [0.5, 0.6) is 0 Å². The van der Waals surface area contributed by atoms with E-state index in [1.165, 1.54) is 9.40 Å². The van der Waals surface area contributed by atoms with Crippen molar-refractivity contribution in [2.45, 2.75) is 24.4 Å². The van der Waals surface area contributed by atoms with Crippen LogP contribution < -0.4 is 0 Å². The second kappa shape index (κ2) is 6.32. The highest BCUT2D eigenvalue weighted by molar-refractivity contribution is 7.19. The second-order valence-electron chi connectivity index (χ2n) is 6.76. The molecule has 2 fully saturated rings. The molecule has 136 valence electrons. The summed E-state index contributed by atoms with van der Waals surface area (Å²) in [6, 6.07) is 16.4. The fourth-order valence-corrected chi connectivity index (χ4v) is 5.37. The Hall–Kier alpha value is -1.90. The lowest BCUT2D eigenvalue weighted by molar-refractivity contribution is -0.0418. The molecule has 4 aromatic rings. The summed E-state index contributed by atoms with van der Waals surface area (Å²) in [6.07, 6.45) is -0.269. The van der Waals surface area contributed by atoms with Crippen LogP contribution in [0, 0.1) is 0 Å². The maximum atomic E-state index is 6.58. The zero-order chi connectivity index (χ0) is 17.8. The van der Waals surface area contributed by atoms with Gasteiger partial charge in [-0.3, -0.25) is 0 Å². The quantitative estimate of drug-likeness (QED) is 0.449. The molecule has 4 atom stereocenters. The maximum absolute atomic E-state index is 6.58. The monoisotopic (exact) mass is 396 g/mol. The second-order valence-corrected chi connectivity index (χ2v) is 8.88. The van der Waals surface area contributed by atoms with E-state index >= 15 is 0 Å². The van der Waals surface area contributed by atoms with Crippen molar-refractivity contribution in [2.24, 2.45) is 0 Å². The highest BCUT2D eigenvalue weighted by Gasteiger charge is 2.44. The lowest BCUT2D eigenvalue weighted by atomic mass is 10.2. The Morgan fingerprint density at radius 1 is 0.778 bits per heavy atom. The fourth-order valence-electron chi connectivity index (χ4n) is 3.25. The van der Waals surface area contributed by atoms with Crippen molar-refractivity contribution >= 4 is 43.1 Å².